The Kier molecular flexibility index (Phi) is 3.41. The number of thiocarbonyl (C=S) groups is 1. The molecule has 12 heavy (non-hydrogen) atoms. The SMILES string of the molecule is CC(=S)C1=C(C(C)C)COCC1. The zero-order chi connectivity index (χ0) is 9.14. The van der Waals surface area contributed by atoms with Gasteiger partial charge >= 0.3 is 0 Å². The second-order valence-corrected chi connectivity index (χ2v) is 4.13. The maximum Gasteiger partial charge on any atom is 0.0685 e. The average Bonchev–Trinajstić information content (AvgIpc) is 2.04. The van der Waals surface area contributed by atoms with Crippen molar-refractivity contribution < 1.29 is 4.74 Å². The number of ether oxygens (including phenoxy) is 1. The van der Waals surface area contributed by atoms with Gasteiger partial charge in [0.15, 0.2) is 0 Å². The summed E-state index contributed by atoms with van der Waals surface area (Å²) in [6.07, 6.45) is 1.00. The van der Waals surface area contributed by atoms with Crippen LogP contribution in [0.3, 0.4) is 0 Å². The Morgan fingerprint density at radius 2 is 2.17 bits per heavy atom. The van der Waals surface area contributed by atoms with Crippen LogP contribution in [0, 0.1) is 5.92 Å². The quantitative estimate of drug-likeness (QED) is 0.610. The molecule has 1 aliphatic heterocycles. The summed E-state index contributed by atoms with van der Waals surface area (Å²) in [6, 6.07) is 0. The lowest BCUT2D eigenvalue weighted by molar-refractivity contribution is 0.142. The zero-order valence-corrected chi connectivity index (χ0v) is 8.83. The molecule has 0 aromatic carbocycles. The van der Waals surface area contributed by atoms with Gasteiger partial charge in [-0.3, -0.25) is 0 Å². The van der Waals surface area contributed by atoms with Crippen LogP contribution in [0.2, 0.25) is 0 Å². The van der Waals surface area contributed by atoms with Gasteiger partial charge in [0.25, 0.3) is 0 Å². The van der Waals surface area contributed by atoms with Crippen LogP contribution in [0.15, 0.2) is 11.1 Å². The van der Waals surface area contributed by atoms with Gasteiger partial charge in [-0.15, -0.1) is 0 Å². The van der Waals surface area contributed by atoms with Gasteiger partial charge in [-0.25, -0.2) is 0 Å². The van der Waals surface area contributed by atoms with E-state index in [-0.39, 0.29) is 0 Å². The van der Waals surface area contributed by atoms with Crippen LogP contribution >= 0.6 is 12.2 Å². The van der Waals surface area contributed by atoms with E-state index in [0.717, 1.165) is 24.5 Å². The van der Waals surface area contributed by atoms with E-state index in [2.05, 4.69) is 13.8 Å². The van der Waals surface area contributed by atoms with E-state index in [1.165, 1.54) is 11.1 Å². The summed E-state index contributed by atoms with van der Waals surface area (Å²) in [7, 11) is 0. The van der Waals surface area contributed by atoms with Crippen molar-refractivity contribution in [3.05, 3.63) is 11.1 Å². The van der Waals surface area contributed by atoms with Crippen LogP contribution in [0.4, 0.5) is 0 Å². The van der Waals surface area contributed by atoms with Crippen molar-refractivity contribution in [2.45, 2.75) is 27.2 Å². The summed E-state index contributed by atoms with van der Waals surface area (Å²) < 4.78 is 5.41. The first-order valence-electron chi connectivity index (χ1n) is 4.43. The molecule has 0 unspecified atom stereocenters. The van der Waals surface area contributed by atoms with E-state index < -0.39 is 0 Å². The van der Waals surface area contributed by atoms with Gasteiger partial charge in [0.1, 0.15) is 0 Å². The van der Waals surface area contributed by atoms with Gasteiger partial charge in [-0.2, -0.15) is 0 Å². The first-order chi connectivity index (χ1) is 5.63. The number of rotatable bonds is 2. The van der Waals surface area contributed by atoms with Crippen LogP contribution in [0.25, 0.3) is 0 Å². The third kappa shape index (κ3) is 2.14. The topological polar surface area (TPSA) is 9.23 Å². The van der Waals surface area contributed by atoms with E-state index in [0.29, 0.717) is 5.92 Å². The maximum atomic E-state index is 5.41. The van der Waals surface area contributed by atoms with Gasteiger partial charge in [0, 0.05) is 4.86 Å². The first-order valence-corrected chi connectivity index (χ1v) is 4.84. The second-order valence-electron chi connectivity index (χ2n) is 3.52. The molecule has 0 aliphatic carbocycles. The molecule has 2 heteroatoms. The Hall–Kier alpha value is -0.210. The number of hydrogen-bond acceptors (Lipinski definition) is 2. The van der Waals surface area contributed by atoms with Crippen LogP contribution in [-0.4, -0.2) is 18.1 Å². The van der Waals surface area contributed by atoms with Crippen molar-refractivity contribution in [2.75, 3.05) is 13.2 Å². The molecule has 0 aromatic heterocycles. The van der Waals surface area contributed by atoms with Crippen LogP contribution in [0.5, 0.6) is 0 Å². The molecule has 0 atom stereocenters. The Bertz CT molecular complexity index is 216. The molecule has 0 aromatic rings. The van der Waals surface area contributed by atoms with Crippen LogP contribution in [0.1, 0.15) is 27.2 Å². The standard InChI is InChI=1S/C10H16OS/c1-7(2)10-6-11-5-4-9(10)8(3)12/h7H,4-6H2,1-3H3. The maximum absolute atomic E-state index is 5.41. The molecule has 1 rings (SSSR count). The third-order valence-electron chi connectivity index (χ3n) is 2.26. The van der Waals surface area contributed by atoms with E-state index in [1.807, 2.05) is 6.92 Å². The minimum absolute atomic E-state index is 0.568. The molecule has 1 nitrogen and oxygen atoms in total. The van der Waals surface area contributed by atoms with Crippen molar-refractivity contribution in [3.8, 4) is 0 Å². The van der Waals surface area contributed by atoms with Gasteiger partial charge in [0.05, 0.1) is 13.2 Å². The highest BCUT2D eigenvalue weighted by molar-refractivity contribution is 7.80. The fraction of sp³-hybridized carbons (Fsp3) is 0.700. The molecule has 0 amide bonds. The van der Waals surface area contributed by atoms with E-state index in [1.54, 1.807) is 0 Å². The third-order valence-corrected chi connectivity index (χ3v) is 2.51. The lowest BCUT2D eigenvalue weighted by Gasteiger charge is -2.22. The van der Waals surface area contributed by atoms with Gasteiger partial charge in [-0.05, 0) is 30.4 Å². The minimum atomic E-state index is 0.568. The Morgan fingerprint density at radius 3 is 2.58 bits per heavy atom. The highest BCUT2D eigenvalue weighted by Gasteiger charge is 2.16. The van der Waals surface area contributed by atoms with Gasteiger partial charge in [-0.1, -0.05) is 26.1 Å². The van der Waals surface area contributed by atoms with Crippen LogP contribution in [-0.2, 0) is 4.74 Å². The Balaban J connectivity index is 2.91. The van der Waals surface area contributed by atoms with E-state index >= 15 is 0 Å². The molecule has 0 bridgehead atoms. The summed E-state index contributed by atoms with van der Waals surface area (Å²) >= 11 is 5.20. The molecule has 0 radical (unpaired) electrons. The highest BCUT2D eigenvalue weighted by atomic mass is 32.1. The summed E-state index contributed by atoms with van der Waals surface area (Å²) in [5.41, 5.74) is 2.76. The van der Waals surface area contributed by atoms with E-state index in [4.69, 9.17) is 17.0 Å². The highest BCUT2D eigenvalue weighted by Crippen LogP contribution is 2.23. The van der Waals surface area contributed by atoms with Crippen LogP contribution < -0.4 is 0 Å². The lowest BCUT2D eigenvalue weighted by Crippen LogP contribution is -2.18. The van der Waals surface area contributed by atoms with Crippen molar-refractivity contribution in [3.63, 3.8) is 0 Å². The molecular weight excluding hydrogens is 168 g/mol. The largest absolute Gasteiger partial charge is 0.377 e. The monoisotopic (exact) mass is 184 g/mol. The molecule has 1 heterocycles. The van der Waals surface area contributed by atoms with E-state index in [9.17, 15) is 0 Å². The van der Waals surface area contributed by atoms with Crippen molar-refractivity contribution in [1.82, 2.24) is 0 Å². The predicted octanol–water partition coefficient (Wildman–Crippen LogP) is 2.75. The Morgan fingerprint density at radius 1 is 1.50 bits per heavy atom. The summed E-state index contributed by atoms with van der Waals surface area (Å²) in [4.78, 5) is 1.04. The molecule has 1 aliphatic rings. The molecule has 0 spiro atoms. The average molecular weight is 184 g/mol. The zero-order valence-electron chi connectivity index (χ0n) is 8.02. The molecular formula is C10H16OS. The summed E-state index contributed by atoms with van der Waals surface area (Å²) in [6.45, 7) is 8.02. The molecule has 0 saturated heterocycles. The van der Waals surface area contributed by atoms with Crippen molar-refractivity contribution in [1.29, 1.82) is 0 Å². The molecule has 0 N–H and O–H groups in total. The predicted molar refractivity (Wildman–Crippen MR) is 55.6 cm³/mol. The first kappa shape index (κ1) is 9.87. The second kappa shape index (κ2) is 4.15. The molecule has 68 valence electrons. The fourth-order valence-corrected chi connectivity index (χ4v) is 1.75. The number of hydrogen-bond donors (Lipinski definition) is 0. The minimum Gasteiger partial charge on any atom is -0.377 e. The molecule has 0 fully saturated rings. The Labute approximate surface area is 79.8 Å². The lowest BCUT2D eigenvalue weighted by atomic mass is 9.93. The normalized spacial score (nSPS) is 18.7. The smallest absolute Gasteiger partial charge is 0.0685 e. The summed E-state index contributed by atoms with van der Waals surface area (Å²) in [5, 5.41) is 0. The van der Waals surface area contributed by atoms with Gasteiger partial charge < -0.3 is 4.74 Å². The summed E-state index contributed by atoms with van der Waals surface area (Å²) in [5.74, 6) is 0.568. The van der Waals surface area contributed by atoms with Crippen molar-refractivity contribution >= 4 is 17.1 Å². The molecule has 0 saturated carbocycles. The van der Waals surface area contributed by atoms with Gasteiger partial charge in [0.2, 0.25) is 0 Å². The fourth-order valence-electron chi connectivity index (χ4n) is 1.52. The van der Waals surface area contributed by atoms with Crippen molar-refractivity contribution in [2.24, 2.45) is 5.92 Å².